The lowest BCUT2D eigenvalue weighted by Gasteiger charge is -2.34. The van der Waals surface area contributed by atoms with E-state index < -0.39 is 5.97 Å². The van der Waals surface area contributed by atoms with Crippen LogP contribution in [0.5, 0.6) is 0 Å². The molecule has 1 aromatic heterocycles. The van der Waals surface area contributed by atoms with E-state index in [1.165, 1.54) is 0 Å². The maximum Gasteiger partial charge on any atom is 0.317 e. The molecule has 26 heavy (non-hydrogen) atoms. The molecule has 138 valence electrons. The van der Waals surface area contributed by atoms with Crippen LogP contribution in [0.1, 0.15) is 10.5 Å². The quantitative estimate of drug-likeness (QED) is 0.819. The van der Waals surface area contributed by atoms with Gasteiger partial charge in [0.05, 0.1) is 31.8 Å². The summed E-state index contributed by atoms with van der Waals surface area (Å²) in [7, 11) is 1.72. The Morgan fingerprint density at radius 1 is 1.35 bits per heavy atom. The van der Waals surface area contributed by atoms with E-state index in [0.717, 1.165) is 5.69 Å². The number of benzene rings is 1. The number of rotatable bonds is 6. The van der Waals surface area contributed by atoms with Gasteiger partial charge in [-0.3, -0.25) is 19.1 Å². The molecule has 1 aliphatic heterocycles. The molecule has 0 aliphatic carbocycles. The van der Waals surface area contributed by atoms with Gasteiger partial charge in [-0.25, -0.2) is 4.98 Å². The molecule has 0 radical (unpaired) electrons. The number of aliphatic carboxylic acids is 1. The van der Waals surface area contributed by atoms with E-state index in [4.69, 9.17) is 9.84 Å². The van der Waals surface area contributed by atoms with Crippen LogP contribution in [-0.2, 0) is 9.53 Å². The summed E-state index contributed by atoms with van der Waals surface area (Å²) in [6.45, 7) is 1.74. The molecule has 3 rings (SSSR count). The van der Waals surface area contributed by atoms with E-state index in [9.17, 15) is 9.59 Å². The minimum absolute atomic E-state index is 0.0609. The summed E-state index contributed by atoms with van der Waals surface area (Å²) in [5, 5.41) is 8.86. The first-order valence-corrected chi connectivity index (χ1v) is 8.43. The average molecular weight is 358 g/mol. The summed E-state index contributed by atoms with van der Waals surface area (Å²) < 4.78 is 7.46. The van der Waals surface area contributed by atoms with Crippen LogP contribution in [0.2, 0.25) is 0 Å². The van der Waals surface area contributed by atoms with Crippen molar-refractivity contribution >= 4 is 11.9 Å². The molecular weight excluding hydrogens is 336 g/mol. The molecule has 1 aliphatic rings. The molecule has 0 saturated carbocycles. The van der Waals surface area contributed by atoms with Gasteiger partial charge in [0.15, 0.2) is 0 Å². The van der Waals surface area contributed by atoms with Crippen molar-refractivity contribution in [3.63, 3.8) is 0 Å². The first-order chi connectivity index (χ1) is 12.5. The van der Waals surface area contributed by atoms with Crippen LogP contribution >= 0.6 is 0 Å². The van der Waals surface area contributed by atoms with Crippen LogP contribution < -0.4 is 0 Å². The molecule has 1 atom stereocenters. The van der Waals surface area contributed by atoms with Crippen LogP contribution in [0.3, 0.4) is 0 Å². The maximum absolute atomic E-state index is 13.0. The Morgan fingerprint density at radius 2 is 2.12 bits per heavy atom. The van der Waals surface area contributed by atoms with Crippen LogP contribution in [0.4, 0.5) is 0 Å². The highest BCUT2D eigenvalue weighted by atomic mass is 16.5. The van der Waals surface area contributed by atoms with Crippen molar-refractivity contribution in [2.45, 2.75) is 6.10 Å². The van der Waals surface area contributed by atoms with Crippen molar-refractivity contribution in [1.29, 1.82) is 0 Å². The van der Waals surface area contributed by atoms with E-state index in [1.54, 1.807) is 33.9 Å². The second kappa shape index (κ2) is 8.11. The molecule has 1 amide bonds. The van der Waals surface area contributed by atoms with Gasteiger partial charge in [0.2, 0.25) is 0 Å². The van der Waals surface area contributed by atoms with Gasteiger partial charge < -0.3 is 14.7 Å². The third-order valence-corrected chi connectivity index (χ3v) is 4.24. The number of morpholine rings is 1. The summed E-state index contributed by atoms with van der Waals surface area (Å²) >= 11 is 0. The number of nitrogens with zero attached hydrogens (tertiary/aromatic N) is 4. The Labute approximate surface area is 151 Å². The van der Waals surface area contributed by atoms with Crippen molar-refractivity contribution in [3.05, 3.63) is 48.5 Å². The van der Waals surface area contributed by atoms with Crippen LogP contribution in [0.25, 0.3) is 5.69 Å². The fourth-order valence-corrected chi connectivity index (χ4v) is 3.07. The third kappa shape index (κ3) is 4.27. The number of amides is 1. The van der Waals surface area contributed by atoms with Crippen LogP contribution in [-0.4, -0.2) is 82.3 Å². The maximum atomic E-state index is 13.0. The molecule has 1 fully saturated rings. The molecule has 8 nitrogen and oxygen atoms in total. The predicted molar refractivity (Wildman–Crippen MR) is 94.3 cm³/mol. The fourth-order valence-electron chi connectivity index (χ4n) is 3.07. The van der Waals surface area contributed by atoms with Gasteiger partial charge >= 0.3 is 5.97 Å². The summed E-state index contributed by atoms with van der Waals surface area (Å²) in [5.41, 5.74) is 1.37. The van der Waals surface area contributed by atoms with Crippen molar-refractivity contribution < 1.29 is 19.4 Å². The van der Waals surface area contributed by atoms with E-state index in [1.807, 2.05) is 30.3 Å². The number of ether oxygens (including phenoxy) is 1. The zero-order valence-corrected chi connectivity index (χ0v) is 14.6. The summed E-state index contributed by atoms with van der Waals surface area (Å²) in [5.74, 6) is -0.997. The van der Waals surface area contributed by atoms with Crippen molar-refractivity contribution in [2.24, 2.45) is 0 Å². The highest BCUT2D eigenvalue weighted by molar-refractivity contribution is 5.93. The number of carboxylic acid groups (broad SMARTS) is 1. The molecule has 8 heteroatoms. The Kier molecular flexibility index (Phi) is 5.65. The van der Waals surface area contributed by atoms with E-state index in [2.05, 4.69) is 4.98 Å². The van der Waals surface area contributed by atoms with Gasteiger partial charge in [0.1, 0.15) is 5.69 Å². The highest BCUT2D eigenvalue weighted by Gasteiger charge is 2.28. The van der Waals surface area contributed by atoms with Gasteiger partial charge in [0, 0.05) is 25.3 Å². The van der Waals surface area contributed by atoms with E-state index in [-0.39, 0.29) is 18.6 Å². The molecule has 0 spiro atoms. The number of likely N-dealkylation sites (N-methyl/N-ethyl adjacent to an activating group) is 1. The number of imidazole rings is 1. The first kappa shape index (κ1) is 18.1. The summed E-state index contributed by atoms with van der Waals surface area (Å²) in [6, 6.07) is 9.57. The topological polar surface area (TPSA) is 87.9 Å². The number of carbonyl (C=O) groups excluding carboxylic acids is 1. The minimum atomic E-state index is -0.886. The Bertz CT molecular complexity index is 762. The fraction of sp³-hybridized carbons (Fsp3) is 0.389. The smallest absolute Gasteiger partial charge is 0.317 e. The number of para-hydroxylation sites is 1. The zero-order valence-electron chi connectivity index (χ0n) is 14.6. The Morgan fingerprint density at radius 3 is 2.85 bits per heavy atom. The molecule has 0 bridgehead atoms. The average Bonchev–Trinajstić information content (AvgIpc) is 3.11. The summed E-state index contributed by atoms with van der Waals surface area (Å²) in [6.07, 6.45) is 2.97. The first-order valence-electron chi connectivity index (χ1n) is 8.43. The van der Waals surface area contributed by atoms with Gasteiger partial charge in [-0.2, -0.15) is 0 Å². The molecule has 1 unspecified atom stereocenters. The number of hydrogen-bond acceptors (Lipinski definition) is 5. The third-order valence-electron chi connectivity index (χ3n) is 4.24. The summed E-state index contributed by atoms with van der Waals surface area (Å²) in [4.78, 5) is 31.3. The molecule has 1 N–H and O–H groups in total. The van der Waals surface area contributed by atoms with Gasteiger partial charge in [-0.15, -0.1) is 0 Å². The van der Waals surface area contributed by atoms with Gasteiger partial charge in [-0.1, -0.05) is 18.2 Å². The molecule has 2 heterocycles. The van der Waals surface area contributed by atoms with Crippen molar-refractivity contribution in [3.8, 4) is 5.69 Å². The lowest BCUT2D eigenvalue weighted by Crippen LogP contribution is -2.49. The number of aromatic nitrogens is 2. The second-order valence-corrected chi connectivity index (χ2v) is 6.32. The normalized spacial score (nSPS) is 17.5. The molecule has 1 aromatic carbocycles. The highest BCUT2D eigenvalue weighted by Crippen LogP contribution is 2.15. The number of carbonyl (C=O) groups is 2. The lowest BCUT2D eigenvalue weighted by atomic mass is 10.2. The SMILES string of the molecule is CN(CC(=O)O)CC1CN(C(=O)c2cncn2-c2ccccc2)CCO1. The zero-order chi connectivity index (χ0) is 18.5. The second-order valence-electron chi connectivity index (χ2n) is 6.32. The van der Waals surface area contributed by atoms with Crippen LogP contribution in [0.15, 0.2) is 42.9 Å². The Balaban J connectivity index is 1.69. The predicted octanol–water partition coefficient (Wildman–Crippen LogP) is 0.730. The van der Waals surface area contributed by atoms with Crippen molar-refractivity contribution in [2.75, 3.05) is 39.8 Å². The van der Waals surface area contributed by atoms with E-state index >= 15 is 0 Å². The van der Waals surface area contributed by atoms with E-state index in [0.29, 0.717) is 31.9 Å². The molecule has 2 aromatic rings. The molecule has 1 saturated heterocycles. The largest absolute Gasteiger partial charge is 0.480 e. The lowest BCUT2D eigenvalue weighted by molar-refractivity contribution is -0.138. The monoisotopic (exact) mass is 358 g/mol. The van der Waals surface area contributed by atoms with Crippen LogP contribution in [0, 0.1) is 0 Å². The number of hydrogen-bond donors (Lipinski definition) is 1. The Hall–Kier alpha value is -2.71. The number of carboxylic acids is 1. The molecular formula is C18H22N4O4. The van der Waals surface area contributed by atoms with Crippen molar-refractivity contribution in [1.82, 2.24) is 19.4 Å². The standard InChI is InChI=1S/C18H22N4O4/c1-20(12-17(23)24)10-15-11-21(7-8-26-15)18(25)16-9-19-13-22(16)14-5-3-2-4-6-14/h2-6,9,13,15H,7-8,10-12H2,1H3,(H,23,24). The minimum Gasteiger partial charge on any atom is -0.480 e. The van der Waals surface area contributed by atoms with Gasteiger partial charge in [0.25, 0.3) is 5.91 Å². The van der Waals surface area contributed by atoms with Gasteiger partial charge in [-0.05, 0) is 19.2 Å².